The number of hydrogen-bond donors (Lipinski definition) is 1. The lowest BCUT2D eigenvalue weighted by Crippen LogP contribution is -2.10. The molecule has 0 saturated carbocycles. The molecule has 0 aliphatic rings. The molecule has 0 spiro atoms. The number of rotatable bonds is 4. The second kappa shape index (κ2) is 6.33. The van der Waals surface area contributed by atoms with Crippen LogP contribution < -0.4 is 10.5 Å². The normalized spacial score (nSPS) is 12.2. The van der Waals surface area contributed by atoms with E-state index in [-0.39, 0.29) is 11.8 Å². The Kier molecular flexibility index (Phi) is 4.73. The largest absolute Gasteiger partial charge is 0.454 e. The van der Waals surface area contributed by atoms with E-state index in [1.807, 2.05) is 19.1 Å². The SMILES string of the molecule is CC[C@H](N)c1ccccc1Oc1cc(Br)cc(F)c1F. The van der Waals surface area contributed by atoms with E-state index < -0.39 is 11.6 Å². The van der Waals surface area contributed by atoms with Gasteiger partial charge in [-0.3, -0.25) is 0 Å². The predicted octanol–water partition coefficient (Wildman–Crippen LogP) is 4.93. The van der Waals surface area contributed by atoms with E-state index in [2.05, 4.69) is 15.9 Å². The van der Waals surface area contributed by atoms with Gasteiger partial charge in [0.15, 0.2) is 11.6 Å². The van der Waals surface area contributed by atoms with Crippen molar-refractivity contribution >= 4 is 15.9 Å². The minimum absolute atomic E-state index is 0.173. The maximum absolute atomic E-state index is 13.7. The van der Waals surface area contributed by atoms with E-state index in [9.17, 15) is 8.78 Å². The summed E-state index contributed by atoms with van der Waals surface area (Å²) in [4.78, 5) is 0. The van der Waals surface area contributed by atoms with Gasteiger partial charge in [0.25, 0.3) is 0 Å². The van der Waals surface area contributed by atoms with E-state index in [0.29, 0.717) is 10.2 Å². The zero-order valence-corrected chi connectivity index (χ0v) is 12.5. The number of benzene rings is 2. The zero-order chi connectivity index (χ0) is 14.7. The molecular formula is C15H14BrF2NO. The molecule has 2 nitrogen and oxygen atoms in total. The molecule has 0 saturated heterocycles. The van der Waals surface area contributed by atoms with Crippen molar-refractivity contribution in [2.24, 2.45) is 5.73 Å². The first-order chi connectivity index (χ1) is 9.52. The molecule has 0 bridgehead atoms. The van der Waals surface area contributed by atoms with Crippen LogP contribution in [0.5, 0.6) is 11.5 Å². The standard InChI is InChI=1S/C15H14BrF2NO/c1-2-12(19)10-5-3-4-6-13(10)20-14-8-9(16)7-11(17)15(14)18/h3-8,12H,2,19H2,1H3/t12-/m0/s1. The van der Waals surface area contributed by atoms with E-state index >= 15 is 0 Å². The highest BCUT2D eigenvalue weighted by Crippen LogP contribution is 2.33. The smallest absolute Gasteiger partial charge is 0.201 e. The highest BCUT2D eigenvalue weighted by atomic mass is 79.9. The summed E-state index contributed by atoms with van der Waals surface area (Å²) in [7, 11) is 0. The lowest BCUT2D eigenvalue weighted by molar-refractivity contribution is 0.409. The van der Waals surface area contributed by atoms with Crippen LogP contribution in [0.4, 0.5) is 8.78 Å². The zero-order valence-electron chi connectivity index (χ0n) is 10.9. The van der Waals surface area contributed by atoms with Crippen molar-refractivity contribution in [1.82, 2.24) is 0 Å². The van der Waals surface area contributed by atoms with Crippen molar-refractivity contribution in [3.05, 3.63) is 58.1 Å². The molecule has 2 aromatic rings. The minimum Gasteiger partial charge on any atom is -0.454 e. The Bertz CT molecular complexity index is 619. The number of hydrogen-bond acceptors (Lipinski definition) is 2. The molecule has 0 heterocycles. The van der Waals surface area contributed by atoms with Crippen LogP contribution in [0.3, 0.4) is 0 Å². The monoisotopic (exact) mass is 341 g/mol. The number of nitrogens with two attached hydrogens (primary N) is 1. The van der Waals surface area contributed by atoms with Crippen LogP contribution in [0.1, 0.15) is 24.9 Å². The summed E-state index contributed by atoms with van der Waals surface area (Å²) in [6.07, 6.45) is 0.718. The van der Waals surface area contributed by atoms with Gasteiger partial charge in [0.05, 0.1) is 0 Å². The topological polar surface area (TPSA) is 35.2 Å². The molecule has 1 atom stereocenters. The minimum atomic E-state index is -1.02. The van der Waals surface area contributed by atoms with Crippen LogP contribution >= 0.6 is 15.9 Å². The van der Waals surface area contributed by atoms with Crippen LogP contribution in [0.2, 0.25) is 0 Å². The third kappa shape index (κ3) is 3.16. The summed E-state index contributed by atoms with van der Waals surface area (Å²) in [6.45, 7) is 1.95. The van der Waals surface area contributed by atoms with E-state index in [1.165, 1.54) is 6.07 Å². The molecule has 0 fully saturated rings. The first-order valence-electron chi connectivity index (χ1n) is 6.19. The fourth-order valence-corrected chi connectivity index (χ4v) is 2.23. The van der Waals surface area contributed by atoms with Crippen molar-refractivity contribution in [2.45, 2.75) is 19.4 Å². The molecule has 2 N–H and O–H groups in total. The Labute approximate surface area is 124 Å². The number of halogens is 3. The quantitative estimate of drug-likeness (QED) is 0.800. The second-order valence-corrected chi connectivity index (χ2v) is 5.27. The van der Waals surface area contributed by atoms with Gasteiger partial charge in [0, 0.05) is 16.1 Å². The van der Waals surface area contributed by atoms with Crippen LogP contribution in [-0.2, 0) is 0 Å². The summed E-state index contributed by atoms with van der Waals surface area (Å²) in [6, 6.07) is 9.30. The predicted molar refractivity (Wildman–Crippen MR) is 77.8 cm³/mol. The van der Waals surface area contributed by atoms with Gasteiger partial charge in [-0.15, -0.1) is 0 Å². The lowest BCUT2D eigenvalue weighted by atomic mass is 10.0. The van der Waals surface area contributed by atoms with Crippen LogP contribution in [0, 0.1) is 11.6 Å². The molecule has 20 heavy (non-hydrogen) atoms. The maximum atomic E-state index is 13.7. The molecule has 0 aliphatic heterocycles. The van der Waals surface area contributed by atoms with Gasteiger partial charge in [0.1, 0.15) is 5.75 Å². The maximum Gasteiger partial charge on any atom is 0.201 e. The van der Waals surface area contributed by atoms with Gasteiger partial charge in [0.2, 0.25) is 5.82 Å². The van der Waals surface area contributed by atoms with Crippen molar-refractivity contribution in [3.63, 3.8) is 0 Å². The second-order valence-electron chi connectivity index (χ2n) is 4.35. The Morgan fingerprint density at radius 3 is 2.60 bits per heavy atom. The van der Waals surface area contributed by atoms with Crippen LogP contribution in [0.25, 0.3) is 0 Å². The molecule has 0 aromatic heterocycles. The molecule has 2 aromatic carbocycles. The highest BCUT2D eigenvalue weighted by Gasteiger charge is 2.15. The molecule has 0 unspecified atom stereocenters. The van der Waals surface area contributed by atoms with Gasteiger partial charge in [-0.05, 0) is 24.6 Å². The van der Waals surface area contributed by atoms with Crippen LogP contribution in [-0.4, -0.2) is 0 Å². The number of para-hydroxylation sites is 1. The van der Waals surface area contributed by atoms with Gasteiger partial charge in [-0.25, -0.2) is 4.39 Å². The molecule has 5 heteroatoms. The molecule has 106 valence electrons. The van der Waals surface area contributed by atoms with Crippen molar-refractivity contribution in [3.8, 4) is 11.5 Å². The van der Waals surface area contributed by atoms with Crippen molar-refractivity contribution < 1.29 is 13.5 Å². The molecule has 0 aliphatic carbocycles. The third-order valence-corrected chi connectivity index (χ3v) is 3.40. The fraction of sp³-hybridized carbons (Fsp3) is 0.200. The van der Waals surface area contributed by atoms with Gasteiger partial charge >= 0.3 is 0 Å². The average Bonchev–Trinajstić information content (AvgIpc) is 2.44. The third-order valence-electron chi connectivity index (χ3n) is 2.94. The summed E-state index contributed by atoms with van der Waals surface area (Å²) in [5, 5.41) is 0. The summed E-state index contributed by atoms with van der Waals surface area (Å²) in [5.74, 6) is -1.73. The van der Waals surface area contributed by atoms with E-state index in [0.717, 1.165) is 18.1 Å². The first kappa shape index (κ1) is 14.9. The average molecular weight is 342 g/mol. The molecule has 0 radical (unpaired) electrons. The Morgan fingerprint density at radius 2 is 1.90 bits per heavy atom. The Balaban J connectivity index is 2.40. The van der Waals surface area contributed by atoms with Gasteiger partial charge in [-0.1, -0.05) is 41.1 Å². The molecule has 0 amide bonds. The molecule has 2 rings (SSSR count). The molecular weight excluding hydrogens is 328 g/mol. The Hall–Kier alpha value is -1.46. The Morgan fingerprint density at radius 1 is 1.20 bits per heavy atom. The van der Waals surface area contributed by atoms with Crippen molar-refractivity contribution in [2.75, 3.05) is 0 Å². The highest BCUT2D eigenvalue weighted by molar-refractivity contribution is 9.10. The first-order valence-corrected chi connectivity index (χ1v) is 6.99. The van der Waals surface area contributed by atoms with Gasteiger partial charge in [-0.2, -0.15) is 4.39 Å². The summed E-state index contributed by atoms with van der Waals surface area (Å²) in [5.41, 5.74) is 6.75. The fourth-order valence-electron chi connectivity index (χ4n) is 1.82. The summed E-state index contributed by atoms with van der Waals surface area (Å²) < 4.78 is 33.0. The van der Waals surface area contributed by atoms with E-state index in [1.54, 1.807) is 12.1 Å². The van der Waals surface area contributed by atoms with Gasteiger partial charge < -0.3 is 10.5 Å². The number of ether oxygens (including phenoxy) is 1. The van der Waals surface area contributed by atoms with Crippen LogP contribution in [0.15, 0.2) is 40.9 Å². The van der Waals surface area contributed by atoms with E-state index in [4.69, 9.17) is 10.5 Å². The lowest BCUT2D eigenvalue weighted by Gasteiger charge is -2.16. The van der Waals surface area contributed by atoms with Crippen molar-refractivity contribution in [1.29, 1.82) is 0 Å². The summed E-state index contributed by atoms with van der Waals surface area (Å²) >= 11 is 3.11.